The summed E-state index contributed by atoms with van der Waals surface area (Å²) in [7, 11) is -3.68. The lowest BCUT2D eigenvalue weighted by atomic mass is 10.3. The number of carbonyl (C=O) groups is 1. The van der Waals surface area contributed by atoms with Gasteiger partial charge in [0.2, 0.25) is 0 Å². The average Bonchev–Trinajstić information content (AvgIpc) is 2.99. The van der Waals surface area contributed by atoms with Crippen molar-refractivity contribution in [2.24, 2.45) is 0 Å². The minimum absolute atomic E-state index is 0.0306. The lowest BCUT2D eigenvalue weighted by Gasteiger charge is -2.12. The smallest absolute Gasteiger partial charge is 0.273 e. The Morgan fingerprint density at radius 3 is 3.00 bits per heavy atom. The Labute approximate surface area is 140 Å². The fraction of sp³-hybridized carbons (Fsp3) is 0.154. The molecule has 0 fully saturated rings. The van der Waals surface area contributed by atoms with Gasteiger partial charge >= 0.3 is 0 Å². The molecule has 3 aromatic heterocycles. The minimum Gasteiger partial charge on any atom is -0.354 e. The maximum atomic E-state index is 12.2. The van der Waals surface area contributed by atoms with Crippen LogP contribution in [-0.4, -0.2) is 52.9 Å². The summed E-state index contributed by atoms with van der Waals surface area (Å²) in [6, 6.07) is 2.71. The highest BCUT2D eigenvalue weighted by Gasteiger charge is 2.20. The molecule has 3 rings (SSSR count). The van der Waals surface area contributed by atoms with Crippen LogP contribution in [0.15, 0.2) is 29.4 Å². The summed E-state index contributed by atoms with van der Waals surface area (Å²) in [6.45, 7) is -2.73. The molecule has 3 N–H and O–H groups in total. The van der Waals surface area contributed by atoms with E-state index in [9.17, 15) is 13.2 Å². The highest BCUT2D eigenvalue weighted by Crippen LogP contribution is 2.27. The zero-order chi connectivity index (χ0) is 19.8. The standard InChI is InChI=1S/C13H13N7O3S/c1-14-13(21)10-8(3-4-15-19-10)17-12-9(24(2,22)23)5-7-6-16-20-11(7)18-12/h3-6H,1-2H3,(H,14,21)(H2,15,16,17,18,20)/i1D3. The number of rotatable bonds is 4. The molecule has 10 nitrogen and oxygen atoms in total. The van der Waals surface area contributed by atoms with Crippen molar-refractivity contribution in [3.05, 3.63) is 30.2 Å². The highest BCUT2D eigenvalue weighted by atomic mass is 32.2. The first kappa shape index (κ1) is 12.4. The number of H-pyrrole nitrogens is 1. The maximum Gasteiger partial charge on any atom is 0.273 e. The Hall–Kier alpha value is -3.08. The quantitative estimate of drug-likeness (QED) is 0.608. The van der Waals surface area contributed by atoms with E-state index in [2.05, 4.69) is 30.7 Å². The lowest BCUT2D eigenvalue weighted by molar-refractivity contribution is 0.0958. The van der Waals surface area contributed by atoms with Gasteiger partial charge in [0, 0.05) is 22.7 Å². The number of pyridine rings is 1. The van der Waals surface area contributed by atoms with Gasteiger partial charge in [-0.25, -0.2) is 13.4 Å². The van der Waals surface area contributed by atoms with Crippen molar-refractivity contribution in [1.29, 1.82) is 0 Å². The molecule has 0 unspecified atom stereocenters. The molecule has 124 valence electrons. The molecule has 0 atom stereocenters. The molecule has 0 spiro atoms. The van der Waals surface area contributed by atoms with Crippen LogP contribution in [0, 0.1) is 0 Å². The Morgan fingerprint density at radius 1 is 1.42 bits per heavy atom. The van der Waals surface area contributed by atoms with Gasteiger partial charge in [0.05, 0.1) is 18.1 Å². The molecule has 3 aromatic rings. The Morgan fingerprint density at radius 2 is 2.25 bits per heavy atom. The first-order valence-electron chi connectivity index (χ1n) is 8.00. The summed E-state index contributed by atoms with van der Waals surface area (Å²) in [5.74, 6) is -1.08. The van der Waals surface area contributed by atoms with Crippen LogP contribution in [0.5, 0.6) is 0 Å². The summed E-state index contributed by atoms with van der Waals surface area (Å²) in [5.41, 5.74) is 0.0167. The van der Waals surface area contributed by atoms with E-state index in [0.29, 0.717) is 11.0 Å². The lowest BCUT2D eigenvalue weighted by Crippen LogP contribution is -2.21. The van der Waals surface area contributed by atoms with Crippen LogP contribution < -0.4 is 10.6 Å². The number of amides is 1. The van der Waals surface area contributed by atoms with Crippen molar-refractivity contribution in [3.8, 4) is 0 Å². The number of nitrogens with zero attached hydrogens (tertiary/aromatic N) is 4. The van der Waals surface area contributed by atoms with Crippen molar-refractivity contribution < 1.29 is 17.3 Å². The van der Waals surface area contributed by atoms with E-state index < -0.39 is 22.7 Å². The summed E-state index contributed by atoms with van der Waals surface area (Å²) in [5, 5.41) is 18.6. The fourth-order valence-electron chi connectivity index (χ4n) is 2.02. The first-order valence-corrected chi connectivity index (χ1v) is 8.39. The summed E-state index contributed by atoms with van der Waals surface area (Å²) >= 11 is 0. The molecule has 1 amide bonds. The van der Waals surface area contributed by atoms with Crippen molar-refractivity contribution in [1.82, 2.24) is 30.7 Å². The van der Waals surface area contributed by atoms with Crippen molar-refractivity contribution in [2.75, 3.05) is 18.5 Å². The maximum absolute atomic E-state index is 12.2. The molecule has 11 heteroatoms. The zero-order valence-corrected chi connectivity index (χ0v) is 13.0. The second kappa shape index (κ2) is 5.85. The van der Waals surface area contributed by atoms with Crippen molar-refractivity contribution in [2.45, 2.75) is 4.90 Å². The molecule has 0 aromatic carbocycles. The molecule has 0 aliphatic carbocycles. The Balaban J connectivity index is 2.07. The molecular weight excluding hydrogens is 334 g/mol. The van der Waals surface area contributed by atoms with Gasteiger partial charge < -0.3 is 10.6 Å². The zero-order valence-electron chi connectivity index (χ0n) is 15.2. The van der Waals surface area contributed by atoms with Crippen LogP contribution in [0.2, 0.25) is 0 Å². The topological polar surface area (TPSA) is 143 Å². The van der Waals surface area contributed by atoms with Gasteiger partial charge in [0.25, 0.3) is 5.91 Å². The predicted octanol–water partition coefficient (Wildman–Crippen LogP) is 0.255. The Bertz CT molecular complexity index is 1130. The third kappa shape index (κ3) is 2.88. The molecule has 0 aliphatic rings. The van der Waals surface area contributed by atoms with Crippen LogP contribution in [0.1, 0.15) is 14.6 Å². The molecule has 0 bridgehead atoms. The average molecular weight is 350 g/mol. The molecular formula is C13H13N7O3S. The summed E-state index contributed by atoms with van der Waals surface area (Å²) < 4.78 is 45.6. The number of carbonyl (C=O) groups excluding carboxylic acids is 1. The van der Waals surface area contributed by atoms with E-state index in [1.165, 1.54) is 24.5 Å². The van der Waals surface area contributed by atoms with Crippen LogP contribution in [0.3, 0.4) is 0 Å². The number of anilines is 2. The number of fused-ring (bicyclic) bond motifs is 1. The molecule has 3 heterocycles. The number of hydrogen-bond acceptors (Lipinski definition) is 8. The largest absolute Gasteiger partial charge is 0.354 e. The van der Waals surface area contributed by atoms with Gasteiger partial charge in [0.15, 0.2) is 27.0 Å². The first-order chi connectivity index (χ1) is 12.5. The third-order valence-electron chi connectivity index (χ3n) is 3.09. The number of aromatic nitrogens is 5. The van der Waals surface area contributed by atoms with Gasteiger partial charge in [-0.1, -0.05) is 0 Å². The molecule has 0 saturated carbocycles. The van der Waals surface area contributed by atoms with Gasteiger partial charge in [0.1, 0.15) is 4.90 Å². The van der Waals surface area contributed by atoms with E-state index >= 15 is 0 Å². The molecule has 0 aliphatic heterocycles. The van der Waals surface area contributed by atoms with Gasteiger partial charge in [-0.3, -0.25) is 9.89 Å². The number of hydrogen-bond donors (Lipinski definition) is 3. The van der Waals surface area contributed by atoms with Crippen LogP contribution in [0.25, 0.3) is 11.0 Å². The fourth-order valence-corrected chi connectivity index (χ4v) is 2.81. The number of nitrogens with one attached hydrogen (secondary N) is 3. The van der Waals surface area contributed by atoms with Crippen LogP contribution in [0.4, 0.5) is 11.5 Å². The predicted molar refractivity (Wildman–Crippen MR) is 85.7 cm³/mol. The minimum atomic E-state index is -3.68. The SMILES string of the molecule is [2H]C([2H])([2H])NC(=O)c1nnccc1Nc1nc2[nH]ncc2cc1S(C)(=O)=O. The van der Waals surface area contributed by atoms with Crippen molar-refractivity contribution >= 4 is 38.3 Å². The molecule has 0 radical (unpaired) electrons. The van der Waals surface area contributed by atoms with Crippen molar-refractivity contribution in [3.63, 3.8) is 0 Å². The van der Waals surface area contributed by atoms with E-state index in [4.69, 9.17) is 4.11 Å². The molecule has 24 heavy (non-hydrogen) atoms. The van der Waals surface area contributed by atoms with E-state index in [1.54, 1.807) is 5.32 Å². The summed E-state index contributed by atoms with van der Waals surface area (Å²) in [4.78, 5) is 16.2. The Kier molecular flexibility index (Phi) is 3.01. The second-order valence-electron chi connectivity index (χ2n) is 4.79. The normalized spacial score (nSPS) is 13.8. The highest BCUT2D eigenvalue weighted by molar-refractivity contribution is 7.90. The monoisotopic (exact) mass is 350 g/mol. The second-order valence-corrected chi connectivity index (χ2v) is 6.77. The van der Waals surface area contributed by atoms with Gasteiger partial charge in [-0.2, -0.15) is 10.2 Å². The number of sulfone groups is 1. The van der Waals surface area contributed by atoms with E-state index in [-0.39, 0.29) is 22.1 Å². The third-order valence-corrected chi connectivity index (χ3v) is 4.20. The van der Waals surface area contributed by atoms with Crippen LogP contribution >= 0.6 is 0 Å². The van der Waals surface area contributed by atoms with E-state index in [1.807, 2.05) is 0 Å². The summed E-state index contributed by atoms with van der Waals surface area (Å²) in [6.07, 6.45) is 3.68. The van der Waals surface area contributed by atoms with Gasteiger partial charge in [-0.05, 0) is 12.1 Å². The van der Waals surface area contributed by atoms with Gasteiger partial charge in [-0.15, -0.1) is 5.10 Å². The van der Waals surface area contributed by atoms with Crippen LogP contribution in [-0.2, 0) is 9.84 Å². The number of aromatic amines is 1. The van der Waals surface area contributed by atoms with E-state index in [0.717, 1.165) is 6.26 Å². The molecule has 0 saturated heterocycles.